The molecule has 0 aliphatic heterocycles. The third-order valence-electron chi connectivity index (χ3n) is 3.92. The Morgan fingerprint density at radius 1 is 0.909 bits per heavy atom. The maximum atomic E-state index is 6.09. The summed E-state index contributed by atoms with van der Waals surface area (Å²) in [6.07, 6.45) is 3.76. The van der Waals surface area contributed by atoms with E-state index in [1.807, 2.05) is 42.7 Å². The zero-order valence-corrected chi connectivity index (χ0v) is 12.3. The average Bonchev–Trinajstić information content (AvgIpc) is 2.94. The molecule has 1 N–H and O–H groups in total. The van der Waals surface area contributed by atoms with E-state index in [9.17, 15) is 0 Å². The Morgan fingerprint density at radius 2 is 1.77 bits per heavy atom. The molecule has 2 heterocycles. The number of benzene rings is 2. The second-order valence-electron chi connectivity index (χ2n) is 5.46. The molecular weight excluding hydrogens is 272 g/mol. The predicted molar refractivity (Wildman–Crippen MR) is 89.1 cm³/mol. The number of aromatic amines is 1. The maximum absolute atomic E-state index is 6.09. The molecule has 0 bridgehead atoms. The minimum Gasteiger partial charge on any atom is -0.488 e. The highest BCUT2D eigenvalue weighted by Crippen LogP contribution is 2.34. The first-order chi connectivity index (χ1) is 10.8. The lowest BCUT2D eigenvalue weighted by molar-refractivity contribution is 0.310. The van der Waals surface area contributed by atoms with Crippen molar-refractivity contribution in [3.8, 4) is 5.75 Å². The van der Waals surface area contributed by atoms with E-state index in [2.05, 4.69) is 35.1 Å². The molecule has 0 fully saturated rings. The van der Waals surface area contributed by atoms with Crippen molar-refractivity contribution in [1.82, 2.24) is 9.97 Å². The van der Waals surface area contributed by atoms with Crippen LogP contribution in [0.1, 0.15) is 11.1 Å². The minimum absolute atomic E-state index is 0.566. The van der Waals surface area contributed by atoms with Crippen LogP contribution in [0.15, 0.2) is 60.9 Å². The summed E-state index contributed by atoms with van der Waals surface area (Å²) in [7, 11) is 0. The molecule has 0 atom stereocenters. The molecule has 0 aliphatic rings. The quantitative estimate of drug-likeness (QED) is 0.598. The molecule has 0 amide bonds. The molecule has 108 valence electrons. The second kappa shape index (κ2) is 5.19. The third kappa shape index (κ3) is 2.11. The zero-order valence-electron chi connectivity index (χ0n) is 12.3. The topological polar surface area (TPSA) is 37.9 Å². The number of pyridine rings is 1. The van der Waals surface area contributed by atoms with Crippen LogP contribution in [0.4, 0.5) is 0 Å². The summed E-state index contributed by atoms with van der Waals surface area (Å²) in [6, 6.07) is 16.3. The standard InChI is InChI=1S/C19H16N2O/c1-13-10-20-11-16-18(13)19-15(21-16)8-5-9-17(19)22-12-14-6-3-2-4-7-14/h2-11,21H,12H2,1H3. The molecule has 2 aromatic carbocycles. The van der Waals surface area contributed by atoms with Crippen molar-refractivity contribution in [2.24, 2.45) is 0 Å². The van der Waals surface area contributed by atoms with Crippen molar-refractivity contribution in [2.45, 2.75) is 13.5 Å². The molecule has 0 radical (unpaired) electrons. The molecule has 4 aromatic rings. The monoisotopic (exact) mass is 288 g/mol. The Balaban J connectivity index is 1.82. The Morgan fingerprint density at radius 3 is 2.64 bits per heavy atom. The van der Waals surface area contributed by atoms with E-state index >= 15 is 0 Å². The van der Waals surface area contributed by atoms with E-state index in [0.717, 1.165) is 33.3 Å². The van der Waals surface area contributed by atoms with Gasteiger partial charge in [0.05, 0.1) is 17.2 Å². The number of fused-ring (bicyclic) bond motifs is 3. The molecular formula is C19H16N2O. The lowest BCUT2D eigenvalue weighted by Crippen LogP contribution is -1.95. The average molecular weight is 288 g/mol. The second-order valence-corrected chi connectivity index (χ2v) is 5.46. The van der Waals surface area contributed by atoms with Gasteiger partial charge in [0.2, 0.25) is 0 Å². The summed E-state index contributed by atoms with van der Waals surface area (Å²) in [5.41, 5.74) is 4.44. The molecule has 0 saturated heterocycles. The minimum atomic E-state index is 0.566. The first-order valence-corrected chi connectivity index (χ1v) is 7.34. The van der Waals surface area contributed by atoms with Gasteiger partial charge < -0.3 is 9.72 Å². The van der Waals surface area contributed by atoms with Gasteiger partial charge in [0, 0.05) is 17.0 Å². The van der Waals surface area contributed by atoms with Crippen LogP contribution in [0.25, 0.3) is 21.8 Å². The van der Waals surface area contributed by atoms with Crippen molar-refractivity contribution in [3.05, 3.63) is 72.1 Å². The van der Waals surface area contributed by atoms with Gasteiger partial charge in [0.25, 0.3) is 0 Å². The predicted octanol–water partition coefficient (Wildman–Crippen LogP) is 4.60. The van der Waals surface area contributed by atoms with E-state index in [1.165, 1.54) is 5.39 Å². The number of hydrogen-bond donors (Lipinski definition) is 1. The highest BCUT2D eigenvalue weighted by atomic mass is 16.5. The molecule has 4 rings (SSSR count). The summed E-state index contributed by atoms with van der Waals surface area (Å²) in [5, 5.41) is 2.32. The van der Waals surface area contributed by atoms with Crippen molar-refractivity contribution in [3.63, 3.8) is 0 Å². The molecule has 3 heteroatoms. The molecule has 0 saturated carbocycles. The van der Waals surface area contributed by atoms with Gasteiger partial charge in [-0.15, -0.1) is 0 Å². The summed E-state index contributed by atoms with van der Waals surface area (Å²) >= 11 is 0. The lowest BCUT2D eigenvalue weighted by atomic mass is 10.1. The fourth-order valence-corrected chi connectivity index (χ4v) is 2.89. The van der Waals surface area contributed by atoms with Crippen LogP contribution in [0.5, 0.6) is 5.75 Å². The van der Waals surface area contributed by atoms with Gasteiger partial charge in [-0.3, -0.25) is 4.98 Å². The molecule has 0 aliphatic carbocycles. The maximum Gasteiger partial charge on any atom is 0.129 e. The van der Waals surface area contributed by atoms with Crippen LogP contribution in [0.3, 0.4) is 0 Å². The van der Waals surface area contributed by atoms with Gasteiger partial charge in [0.15, 0.2) is 0 Å². The first kappa shape index (κ1) is 12.9. The van der Waals surface area contributed by atoms with Gasteiger partial charge in [-0.2, -0.15) is 0 Å². The van der Waals surface area contributed by atoms with Crippen molar-refractivity contribution < 1.29 is 4.74 Å². The highest BCUT2D eigenvalue weighted by Gasteiger charge is 2.11. The Labute approximate surface area is 128 Å². The largest absolute Gasteiger partial charge is 0.488 e. The van der Waals surface area contributed by atoms with Crippen LogP contribution < -0.4 is 4.74 Å². The first-order valence-electron chi connectivity index (χ1n) is 7.34. The van der Waals surface area contributed by atoms with Gasteiger partial charge in [0.1, 0.15) is 12.4 Å². The SMILES string of the molecule is Cc1cncc2[nH]c3cccc(OCc4ccccc4)c3c12. The number of H-pyrrole nitrogens is 1. The van der Waals surface area contributed by atoms with Crippen LogP contribution in [0.2, 0.25) is 0 Å². The number of nitrogens with zero attached hydrogens (tertiary/aromatic N) is 1. The van der Waals surface area contributed by atoms with E-state index in [-0.39, 0.29) is 0 Å². The van der Waals surface area contributed by atoms with Gasteiger partial charge in [-0.25, -0.2) is 0 Å². The van der Waals surface area contributed by atoms with Crippen molar-refractivity contribution in [2.75, 3.05) is 0 Å². The summed E-state index contributed by atoms with van der Waals surface area (Å²) < 4.78 is 6.09. The molecule has 22 heavy (non-hydrogen) atoms. The molecule has 0 spiro atoms. The van der Waals surface area contributed by atoms with E-state index < -0.39 is 0 Å². The van der Waals surface area contributed by atoms with Crippen LogP contribution >= 0.6 is 0 Å². The Kier molecular flexibility index (Phi) is 3.04. The smallest absolute Gasteiger partial charge is 0.129 e. The van der Waals surface area contributed by atoms with Crippen LogP contribution in [-0.4, -0.2) is 9.97 Å². The van der Waals surface area contributed by atoms with E-state index in [0.29, 0.717) is 6.61 Å². The highest BCUT2D eigenvalue weighted by molar-refractivity contribution is 6.11. The number of aryl methyl sites for hydroxylation is 1. The van der Waals surface area contributed by atoms with E-state index in [1.54, 1.807) is 0 Å². The number of aromatic nitrogens is 2. The summed E-state index contributed by atoms with van der Waals surface area (Å²) in [5.74, 6) is 0.905. The zero-order chi connectivity index (χ0) is 14.9. The van der Waals surface area contributed by atoms with Crippen LogP contribution in [0, 0.1) is 6.92 Å². The lowest BCUT2D eigenvalue weighted by Gasteiger charge is -2.08. The molecule has 0 unspecified atom stereocenters. The number of ether oxygens (including phenoxy) is 1. The summed E-state index contributed by atoms with van der Waals surface area (Å²) in [6.45, 7) is 2.65. The van der Waals surface area contributed by atoms with Gasteiger partial charge >= 0.3 is 0 Å². The van der Waals surface area contributed by atoms with Gasteiger partial charge in [-0.05, 0) is 30.2 Å². The fraction of sp³-hybridized carbons (Fsp3) is 0.105. The van der Waals surface area contributed by atoms with Gasteiger partial charge in [-0.1, -0.05) is 36.4 Å². The fourth-order valence-electron chi connectivity index (χ4n) is 2.89. The van der Waals surface area contributed by atoms with E-state index in [4.69, 9.17) is 4.74 Å². The number of hydrogen-bond acceptors (Lipinski definition) is 2. The number of nitrogens with one attached hydrogen (secondary N) is 1. The third-order valence-corrected chi connectivity index (χ3v) is 3.92. The molecule has 3 nitrogen and oxygen atoms in total. The Hall–Kier alpha value is -2.81. The van der Waals surface area contributed by atoms with Crippen LogP contribution in [-0.2, 0) is 6.61 Å². The normalized spacial score (nSPS) is 11.1. The molecule has 2 aromatic heterocycles. The summed E-state index contributed by atoms with van der Waals surface area (Å²) in [4.78, 5) is 7.67. The van der Waals surface area contributed by atoms with Crippen molar-refractivity contribution in [1.29, 1.82) is 0 Å². The Bertz CT molecular complexity index is 942. The van der Waals surface area contributed by atoms with Crippen molar-refractivity contribution >= 4 is 21.8 Å². The number of rotatable bonds is 3.